The quantitative estimate of drug-likeness (QED) is 0.583. The van der Waals surface area contributed by atoms with Crippen LogP contribution in [0.1, 0.15) is 31.7 Å². The molecule has 0 spiro atoms. The SMILES string of the molecule is CC1CCCN(C(=O)CCNC(=O)C(Cc2ccccc2)NS(=O)(=O)c2ccccc2F)C1. The van der Waals surface area contributed by atoms with Crippen molar-refractivity contribution in [3.8, 4) is 0 Å². The van der Waals surface area contributed by atoms with Crippen LogP contribution in [0.4, 0.5) is 4.39 Å². The molecule has 2 N–H and O–H groups in total. The number of hydrogen-bond acceptors (Lipinski definition) is 4. The van der Waals surface area contributed by atoms with Crippen LogP contribution in [0.15, 0.2) is 59.5 Å². The lowest BCUT2D eigenvalue weighted by atomic mass is 10.00. The smallest absolute Gasteiger partial charge is 0.244 e. The van der Waals surface area contributed by atoms with Crippen molar-refractivity contribution in [2.45, 2.75) is 43.5 Å². The Bertz CT molecular complexity index is 1060. The normalized spacial score (nSPS) is 17.4. The van der Waals surface area contributed by atoms with E-state index in [1.165, 1.54) is 12.1 Å². The zero-order valence-corrected chi connectivity index (χ0v) is 19.5. The molecule has 1 saturated heterocycles. The highest BCUT2D eigenvalue weighted by molar-refractivity contribution is 7.89. The Morgan fingerprint density at radius 1 is 1.12 bits per heavy atom. The first-order valence-electron chi connectivity index (χ1n) is 11.1. The van der Waals surface area contributed by atoms with Crippen LogP contribution < -0.4 is 10.0 Å². The van der Waals surface area contributed by atoms with E-state index in [1.54, 1.807) is 24.3 Å². The molecule has 9 heteroatoms. The third kappa shape index (κ3) is 7.10. The van der Waals surface area contributed by atoms with Gasteiger partial charge in [-0.15, -0.1) is 0 Å². The number of amides is 2. The van der Waals surface area contributed by atoms with Crippen molar-refractivity contribution in [3.63, 3.8) is 0 Å². The van der Waals surface area contributed by atoms with E-state index in [1.807, 2.05) is 11.0 Å². The second-order valence-corrected chi connectivity index (χ2v) is 10.1. The maximum Gasteiger partial charge on any atom is 0.244 e. The number of hydrogen-bond donors (Lipinski definition) is 2. The third-order valence-corrected chi connectivity index (χ3v) is 7.18. The predicted octanol–water partition coefficient (Wildman–Crippen LogP) is 2.48. The molecule has 2 atom stereocenters. The average molecular weight is 476 g/mol. The molecular formula is C24H30FN3O4S. The maximum atomic E-state index is 14.1. The van der Waals surface area contributed by atoms with Crippen molar-refractivity contribution < 1.29 is 22.4 Å². The summed E-state index contributed by atoms with van der Waals surface area (Å²) in [6.45, 7) is 3.63. The molecule has 1 heterocycles. The fourth-order valence-electron chi connectivity index (χ4n) is 3.94. The molecule has 1 fully saturated rings. The van der Waals surface area contributed by atoms with Gasteiger partial charge in [0.25, 0.3) is 0 Å². The molecule has 0 radical (unpaired) electrons. The summed E-state index contributed by atoms with van der Waals surface area (Å²) in [5, 5.41) is 2.67. The van der Waals surface area contributed by atoms with Gasteiger partial charge in [-0.3, -0.25) is 9.59 Å². The van der Waals surface area contributed by atoms with E-state index in [0.717, 1.165) is 37.1 Å². The first-order chi connectivity index (χ1) is 15.8. The van der Waals surface area contributed by atoms with Gasteiger partial charge in [-0.2, -0.15) is 4.72 Å². The summed E-state index contributed by atoms with van der Waals surface area (Å²) in [5.74, 6) is -1.04. The van der Waals surface area contributed by atoms with Crippen LogP contribution in [-0.2, 0) is 26.0 Å². The van der Waals surface area contributed by atoms with Crippen molar-refractivity contribution in [2.24, 2.45) is 5.92 Å². The zero-order valence-electron chi connectivity index (χ0n) is 18.7. The van der Waals surface area contributed by atoms with Crippen LogP contribution >= 0.6 is 0 Å². The van der Waals surface area contributed by atoms with E-state index in [9.17, 15) is 22.4 Å². The fraction of sp³-hybridized carbons (Fsp3) is 0.417. The lowest BCUT2D eigenvalue weighted by Gasteiger charge is -2.31. The molecule has 0 bridgehead atoms. The fourth-order valence-corrected chi connectivity index (χ4v) is 5.22. The highest BCUT2D eigenvalue weighted by Gasteiger charge is 2.28. The largest absolute Gasteiger partial charge is 0.354 e. The van der Waals surface area contributed by atoms with Crippen LogP contribution in [0, 0.1) is 11.7 Å². The molecule has 2 unspecified atom stereocenters. The topological polar surface area (TPSA) is 95.6 Å². The van der Waals surface area contributed by atoms with Gasteiger partial charge in [-0.05, 0) is 42.9 Å². The monoisotopic (exact) mass is 475 g/mol. The number of nitrogens with one attached hydrogen (secondary N) is 2. The molecule has 178 valence electrons. The van der Waals surface area contributed by atoms with E-state index >= 15 is 0 Å². The van der Waals surface area contributed by atoms with Gasteiger partial charge >= 0.3 is 0 Å². The second kappa shape index (κ2) is 11.4. The number of sulfonamides is 1. The molecule has 3 rings (SSSR count). The Labute approximate surface area is 194 Å². The molecule has 2 aromatic carbocycles. The maximum absolute atomic E-state index is 14.1. The molecule has 2 amide bonds. The first kappa shape index (κ1) is 24.9. The Balaban J connectivity index is 1.66. The number of halogens is 1. The first-order valence-corrected chi connectivity index (χ1v) is 12.6. The number of likely N-dealkylation sites (tertiary alicyclic amines) is 1. The molecule has 0 aromatic heterocycles. The van der Waals surface area contributed by atoms with Crippen LogP contribution in [-0.4, -0.2) is 50.8 Å². The minimum atomic E-state index is -4.28. The predicted molar refractivity (Wildman–Crippen MR) is 123 cm³/mol. The Kier molecular flexibility index (Phi) is 8.57. The zero-order chi connectivity index (χ0) is 23.8. The lowest BCUT2D eigenvalue weighted by molar-refractivity contribution is -0.132. The number of piperidine rings is 1. The van der Waals surface area contributed by atoms with E-state index < -0.39 is 32.7 Å². The van der Waals surface area contributed by atoms with Crippen molar-refractivity contribution in [1.29, 1.82) is 0 Å². The van der Waals surface area contributed by atoms with Crippen molar-refractivity contribution in [3.05, 3.63) is 66.0 Å². The van der Waals surface area contributed by atoms with Gasteiger partial charge in [0.2, 0.25) is 21.8 Å². The molecule has 1 aliphatic rings. The number of rotatable bonds is 9. The van der Waals surface area contributed by atoms with Gasteiger partial charge in [-0.25, -0.2) is 12.8 Å². The minimum absolute atomic E-state index is 0.0339. The molecule has 0 aliphatic carbocycles. The number of carbonyl (C=O) groups excluding carboxylic acids is 2. The molecule has 1 aliphatic heterocycles. The van der Waals surface area contributed by atoms with Crippen molar-refractivity contribution >= 4 is 21.8 Å². The van der Waals surface area contributed by atoms with Crippen LogP contribution in [0.5, 0.6) is 0 Å². The van der Waals surface area contributed by atoms with Gasteiger partial charge in [0, 0.05) is 26.1 Å². The van der Waals surface area contributed by atoms with E-state index in [4.69, 9.17) is 0 Å². The number of nitrogens with zero attached hydrogens (tertiary/aromatic N) is 1. The molecule has 33 heavy (non-hydrogen) atoms. The van der Waals surface area contributed by atoms with Gasteiger partial charge in [0.05, 0.1) is 0 Å². The van der Waals surface area contributed by atoms with E-state index in [0.29, 0.717) is 12.5 Å². The number of benzene rings is 2. The molecule has 7 nitrogen and oxygen atoms in total. The highest BCUT2D eigenvalue weighted by Crippen LogP contribution is 2.17. The van der Waals surface area contributed by atoms with Gasteiger partial charge in [0.15, 0.2) is 0 Å². The Hall–Kier alpha value is -2.78. The molecule has 2 aromatic rings. The summed E-state index contributed by atoms with van der Waals surface area (Å²) in [6, 6.07) is 12.8. The van der Waals surface area contributed by atoms with Crippen LogP contribution in [0.3, 0.4) is 0 Å². The summed E-state index contributed by atoms with van der Waals surface area (Å²) < 4.78 is 42.0. The van der Waals surface area contributed by atoms with Crippen LogP contribution in [0.2, 0.25) is 0 Å². The van der Waals surface area contributed by atoms with Crippen molar-refractivity contribution in [1.82, 2.24) is 14.9 Å². The molecular weight excluding hydrogens is 445 g/mol. The highest BCUT2D eigenvalue weighted by atomic mass is 32.2. The summed E-state index contributed by atoms with van der Waals surface area (Å²) in [6.07, 6.45) is 2.29. The van der Waals surface area contributed by atoms with Gasteiger partial charge in [-0.1, -0.05) is 49.4 Å². The standard InChI is InChI=1S/C24H30FN3O4S/c1-18-8-7-15-28(17-18)23(29)13-14-26-24(30)21(16-19-9-3-2-4-10-19)27-33(31,32)22-12-6-5-11-20(22)25/h2-6,9-12,18,21,27H,7-8,13-17H2,1H3,(H,26,30). The van der Waals surface area contributed by atoms with Crippen molar-refractivity contribution in [2.75, 3.05) is 19.6 Å². The minimum Gasteiger partial charge on any atom is -0.354 e. The summed E-state index contributed by atoms with van der Waals surface area (Å²) >= 11 is 0. The molecule has 0 saturated carbocycles. The summed E-state index contributed by atoms with van der Waals surface area (Å²) in [7, 11) is -4.28. The van der Waals surface area contributed by atoms with Gasteiger partial charge < -0.3 is 10.2 Å². The van der Waals surface area contributed by atoms with Gasteiger partial charge in [0.1, 0.15) is 16.8 Å². The van der Waals surface area contributed by atoms with Crippen LogP contribution in [0.25, 0.3) is 0 Å². The Morgan fingerprint density at radius 2 is 1.82 bits per heavy atom. The summed E-state index contributed by atoms with van der Waals surface area (Å²) in [4.78, 5) is 26.6. The lowest BCUT2D eigenvalue weighted by Crippen LogP contribution is -2.49. The summed E-state index contributed by atoms with van der Waals surface area (Å²) in [5.41, 5.74) is 0.743. The Morgan fingerprint density at radius 3 is 2.52 bits per heavy atom. The van der Waals surface area contributed by atoms with E-state index in [2.05, 4.69) is 17.0 Å². The van der Waals surface area contributed by atoms with E-state index in [-0.39, 0.29) is 25.3 Å². The number of carbonyl (C=O) groups is 2. The average Bonchev–Trinajstić information content (AvgIpc) is 2.79. The second-order valence-electron chi connectivity index (χ2n) is 8.42. The third-order valence-electron chi connectivity index (χ3n) is 5.67.